The van der Waals surface area contributed by atoms with Crippen LogP contribution in [0.15, 0.2) is 18.2 Å². The lowest BCUT2D eigenvalue weighted by molar-refractivity contribution is -0.116. The summed E-state index contributed by atoms with van der Waals surface area (Å²) in [5.74, 6) is 0.00646. The van der Waals surface area contributed by atoms with Crippen molar-refractivity contribution in [2.24, 2.45) is 5.41 Å². The Morgan fingerprint density at radius 2 is 2.04 bits per heavy atom. The van der Waals surface area contributed by atoms with Gasteiger partial charge in [-0.3, -0.25) is 4.79 Å². The Morgan fingerprint density at radius 3 is 2.67 bits per heavy atom. The second-order valence-electron chi connectivity index (χ2n) is 7.12. The monoisotopic (exact) mass is 334 g/mol. The maximum atomic E-state index is 12.2. The number of hydrogen-bond donors (Lipinski definition) is 3. The molecule has 1 amide bonds. The molecule has 1 aromatic carbocycles. The average molecular weight is 334 g/mol. The highest BCUT2D eigenvalue weighted by molar-refractivity contribution is 5.91. The molecule has 1 aromatic rings. The highest BCUT2D eigenvalue weighted by Gasteiger charge is 2.32. The average Bonchev–Trinajstić information content (AvgIpc) is 2.56. The topological polar surface area (TPSA) is 70.6 Å². The fourth-order valence-electron chi connectivity index (χ4n) is 3.09. The first-order chi connectivity index (χ1) is 11.4. The normalized spacial score (nSPS) is 18.2. The minimum atomic E-state index is -0.115. The molecule has 1 aliphatic rings. The van der Waals surface area contributed by atoms with Crippen LogP contribution in [0.25, 0.3) is 0 Å². The van der Waals surface area contributed by atoms with Crippen LogP contribution in [0.4, 0.5) is 5.69 Å². The van der Waals surface area contributed by atoms with Gasteiger partial charge >= 0.3 is 0 Å². The summed E-state index contributed by atoms with van der Waals surface area (Å²) in [5.41, 5.74) is 3.02. The molecule has 1 fully saturated rings. The summed E-state index contributed by atoms with van der Waals surface area (Å²) in [5, 5.41) is 16.1. The fourth-order valence-corrected chi connectivity index (χ4v) is 3.09. The molecule has 3 N–H and O–H groups in total. The van der Waals surface area contributed by atoms with Crippen molar-refractivity contribution in [3.8, 4) is 0 Å². The molecule has 2 rings (SSSR count). The van der Waals surface area contributed by atoms with Crippen molar-refractivity contribution in [2.45, 2.75) is 46.1 Å². The lowest BCUT2D eigenvalue weighted by Gasteiger charge is -2.36. The number of hydrogen-bond acceptors (Lipinski definition) is 4. The van der Waals surface area contributed by atoms with Crippen molar-refractivity contribution in [1.82, 2.24) is 5.32 Å². The molecule has 0 spiro atoms. The third-order valence-electron chi connectivity index (χ3n) is 4.86. The summed E-state index contributed by atoms with van der Waals surface area (Å²) < 4.78 is 5.38. The quantitative estimate of drug-likeness (QED) is 0.716. The second-order valence-corrected chi connectivity index (χ2v) is 7.12. The summed E-state index contributed by atoms with van der Waals surface area (Å²) in [6.45, 7) is 8.31. The molecule has 1 atom stereocenters. The van der Waals surface area contributed by atoms with Gasteiger partial charge < -0.3 is 20.5 Å². The Balaban J connectivity index is 1.80. The van der Waals surface area contributed by atoms with E-state index in [9.17, 15) is 9.90 Å². The molecule has 0 radical (unpaired) electrons. The molecule has 1 aliphatic heterocycles. The molecule has 0 bridgehead atoms. The van der Waals surface area contributed by atoms with Gasteiger partial charge in [-0.1, -0.05) is 17.7 Å². The molecule has 5 nitrogen and oxygen atoms in total. The van der Waals surface area contributed by atoms with Crippen LogP contribution in [0.5, 0.6) is 0 Å². The Morgan fingerprint density at radius 1 is 1.33 bits per heavy atom. The van der Waals surface area contributed by atoms with Gasteiger partial charge in [-0.15, -0.1) is 0 Å². The van der Waals surface area contributed by atoms with Crippen LogP contribution < -0.4 is 10.6 Å². The number of rotatable bonds is 7. The van der Waals surface area contributed by atoms with E-state index in [0.29, 0.717) is 26.2 Å². The number of benzene rings is 1. The first-order valence-corrected chi connectivity index (χ1v) is 8.73. The molecular weight excluding hydrogens is 304 g/mol. The minimum Gasteiger partial charge on any atom is -0.396 e. The van der Waals surface area contributed by atoms with Gasteiger partial charge in [0.1, 0.15) is 0 Å². The smallest absolute Gasteiger partial charge is 0.225 e. The SMILES string of the molecule is Cc1ccc(NC(=O)CC(C)NCC2(CO)CCOCC2)c(C)c1. The molecule has 1 unspecified atom stereocenters. The van der Waals surface area contributed by atoms with Crippen molar-refractivity contribution in [3.63, 3.8) is 0 Å². The molecule has 24 heavy (non-hydrogen) atoms. The van der Waals surface area contributed by atoms with Gasteiger partial charge in [0.2, 0.25) is 5.91 Å². The van der Waals surface area contributed by atoms with Crippen molar-refractivity contribution in [2.75, 3.05) is 31.7 Å². The van der Waals surface area contributed by atoms with Gasteiger partial charge in [0.25, 0.3) is 0 Å². The van der Waals surface area contributed by atoms with Gasteiger partial charge in [0.15, 0.2) is 0 Å². The molecule has 1 saturated heterocycles. The number of nitrogens with one attached hydrogen (secondary N) is 2. The third-order valence-corrected chi connectivity index (χ3v) is 4.86. The molecule has 0 aromatic heterocycles. The van der Waals surface area contributed by atoms with Crippen molar-refractivity contribution < 1.29 is 14.6 Å². The number of aliphatic hydroxyl groups excluding tert-OH is 1. The Bertz CT molecular complexity index is 554. The summed E-state index contributed by atoms with van der Waals surface area (Å²) >= 11 is 0. The zero-order chi connectivity index (χ0) is 17.6. The number of aliphatic hydroxyl groups is 1. The van der Waals surface area contributed by atoms with Gasteiger partial charge in [0.05, 0.1) is 6.61 Å². The predicted octanol–water partition coefficient (Wildman–Crippen LogP) is 2.40. The van der Waals surface area contributed by atoms with Crippen LogP contribution in [0.1, 0.15) is 37.3 Å². The van der Waals surface area contributed by atoms with Crippen molar-refractivity contribution in [1.29, 1.82) is 0 Å². The van der Waals surface area contributed by atoms with E-state index in [1.54, 1.807) is 0 Å². The number of carbonyl (C=O) groups excluding carboxylic acids is 1. The van der Waals surface area contributed by atoms with E-state index >= 15 is 0 Å². The molecular formula is C19H30N2O3. The number of aryl methyl sites for hydroxylation is 2. The molecule has 0 aliphatic carbocycles. The number of anilines is 1. The van der Waals surface area contributed by atoms with Gasteiger partial charge in [0, 0.05) is 43.3 Å². The summed E-state index contributed by atoms with van der Waals surface area (Å²) in [4.78, 5) is 12.2. The highest BCUT2D eigenvalue weighted by atomic mass is 16.5. The van der Waals surface area contributed by atoms with E-state index in [1.807, 2.05) is 32.9 Å². The number of amides is 1. The van der Waals surface area contributed by atoms with Crippen LogP contribution >= 0.6 is 0 Å². The zero-order valence-electron chi connectivity index (χ0n) is 15.0. The fraction of sp³-hybridized carbons (Fsp3) is 0.632. The van der Waals surface area contributed by atoms with Crippen molar-refractivity contribution >= 4 is 11.6 Å². The van der Waals surface area contributed by atoms with Crippen LogP contribution in [0.3, 0.4) is 0 Å². The maximum Gasteiger partial charge on any atom is 0.225 e. The lowest BCUT2D eigenvalue weighted by atomic mass is 9.81. The van der Waals surface area contributed by atoms with Crippen LogP contribution in [0.2, 0.25) is 0 Å². The lowest BCUT2D eigenvalue weighted by Crippen LogP contribution is -2.45. The van der Waals surface area contributed by atoms with Crippen LogP contribution in [-0.2, 0) is 9.53 Å². The Kier molecular flexibility index (Phi) is 6.78. The first kappa shape index (κ1) is 18.9. The van der Waals surface area contributed by atoms with E-state index in [-0.39, 0.29) is 24.0 Å². The number of ether oxygens (including phenoxy) is 1. The van der Waals surface area contributed by atoms with E-state index in [1.165, 1.54) is 5.56 Å². The van der Waals surface area contributed by atoms with E-state index in [4.69, 9.17) is 4.74 Å². The minimum absolute atomic E-state index is 0.00646. The molecule has 134 valence electrons. The Labute approximate surface area is 144 Å². The van der Waals surface area contributed by atoms with E-state index < -0.39 is 0 Å². The largest absolute Gasteiger partial charge is 0.396 e. The van der Waals surface area contributed by atoms with Gasteiger partial charge in [-0.25, -0.2) is 0 Å². The second kappa shape index (κ2) is 8.60. The predicted molar refractivity (Wildman–Crippen MR) is 96.2 cm³/mol. The standard InChI is InChI=1S/C19H30N2O3/c1-14-4-5-17(15(2)10-14)21-18(23)11-16(3)20-12-19(13-22)6-8-24-9-7-19/h4-5,10,16,20,22H,6-9,11-13H2,1-3H3,(H,21,23). The summed E-state index contributed by atoms with van der Waals surface area (Å²) in [6, 6.07) is 6.07. The Hall–Kier alpha value is -1.43. The first-order valence-electron chi connectivity index (χ1n) is 8.73. The summed E-state index contributed by atoms with van der Waals surface area (Å²) in [6.07, 6.45) is 2.13. The van der Waals surface area contributed by atoms with E-state index in [2.05, 4.69) is 16.7 Å². The van der Waals surface area contributed by atoms with Crippen LogP contribution in [-0.4, -0.2) is 43.4 Å². The molecule has 5 heteroatoms. The highest BCUT2D eigenvalue weighted by Crippen LogP contribution is 2.29. The van der Waals surface area contributed by atoms with Crippen LogP contribution in [0, 0.1) is 19.3 Å². The molecule has 0 saturated carbocycles. The maximum absolute atomic E-state index is 12.2. The van der Waals surface area contributed by atoms with E-state index in [0.717, 1.165) is 24.1 Å². The van der Waals surface area contributed by atoms with Gasteiger partial charge in [-0.05, 0) is 45.2 Å². The number of carbonyl (C=O) groups is 1. The van der Waals surface area contributed by atoms with Gasteiger partial charge in [-0.2, -0.15) is 0 Å². The summed E-state index contributed by atoms with van der Waals surface area (Å²) in [7, 11) is 0. The molecule has 1 heterocycles. The zero-order valence-corrected chi connectivity index (χ0v) is 15.0. The van der Waals surface area contributed by atoms with Crippen molar-refractivity contribution in [3.05, 3.63) is 29.3 Å². The third kappa shape index (κ3) is 5.30.